The zero-order chi connectivity index (χ0) is 21.6. The van der Waals surface area contributed by atoms with Crippen molar-refractivity contribution in [3.63, 3.8) is 0 Å². The zero-order valence-corrected chi connectivity index (χ0v) is 16.4. The number of halogens is 3. The number of nitrogen functional groups attached to an aromatic ring is 1. The Bertz CT molecular complexity index is 1240. The third-order valence-corrected chi connectivity index (χ3v) is 5.61. The van der Waals surface area contributed by atoms with Crippen molar-refractivity contribution in [2.75, 3.05) is 5.73 Å². The van der Waals surface area contributed by atoms with E-state index in [1.807, 2.05) is 22.7 Å². The molecule has 8 heteroatoms. The summed E-state index contributed by atoms with van der Waals surface area (Å²) in [5.74, 6) is 2.34. The first-order chi connectivity index (χ1) is 14.9. The molecule has 1 saturated carbocycles. The molecule has 0 spiro atoms. The lowest BCUT2D eigenvalue weighted by Gasteiger charge is -2.23. The summed E-state index contributed by atoms with van der Waals surface area (Å²) in [5.41, 5.74) is 7.73. The van der Waals surface area contributed by atoms with Crippen LogP contribution in [0.2, 0.25) is 0 Å². The van der Waals surface area contributed by atoms with E-state index in [0.717, 1.165) is 47.6 Å². The van der Waals surface area contributed by atoms with Gasteiger partial charge in [-0.05, 0) is 55.3 Å². The van der Waals surface area contributed by atoms with E-state index in [1.165, 1.54) is 18.6 Å². The van der Waals surface area contributed by atoms with Crippen molar-refractivity contribution < 1.29 is 17.9 Å². The Morgan fingerprint density at radius 2 is 1.81 bits per heavy atom. The molecule has 2 aromatic heterocycles. The second-order valence-corrected chi connectivity index (χ2v) is 7.63. The predicted molar refractivity (Wildman–Crippen MR) is 111 cm³/mol. The van der Waals surface area contributed by atoms with Crippen LogP contribution in [0.1, 0.15) is 36.6 Å². The second-order valence-electron chi connectivity index (χ2n) is 7.63. The molecule has 0 radical (unpaired) electrons. The smallest absolute Gasteiger partial charge is 0.416 e. The van der Waals surface area contributed by atoms with Crippen molar-refractivity contribution >= 4 is 11.3 Å². The van der Waals surface area contributed by atoms with Crippen LogP contribution in [0.3, 0.4) is 0 Å². The third kappa shape index (κ3) is 3.58. The van der Waals surface area contributed by atoms with Gasteiger partial charge in [0.1, 0.15) is 34.4 Å². The molecule has 0 unspecified atom stereocenters. The number of ether oxygens (including phenoxy) is 1. The van der Waals surface area contributed by atoms with Gasteiger partial charge in [0.25, 0.3) is 0 Å². The quantitative estimate of drug-likeness (QED) is 0.433. The highest BCUT2D eigenvalue weighted by atomic mass is 19.4. The highest BCUT2D eigenvalue weighted by Crippen LogP contribution is 2.39. The molecule has 1 aliphatic carbocycles. The summed E-state index contributed by atoms with van der Waals surface area (Å²) in [7, 11) is 0. The molecule has 0 saturated heterocycles. The van der Waals surface area contributed by atoms with Gasteiger partial charge < -0.3 is 10.5 Å². The molecule has 0 aliphatic heterocycles. The summed E-state index contributed by atoms with van der Waals surface area (Å²) >= 11 is 0. The van der Waals surface area contributed by atoms with Gasteiger partial charge in [-0.2, -0.15) is 13.2 Å². The van der Waals surface area contributed by atoms with E-state index in [2.05, 4.69) is 4.98 Å². The number of rotatable bonds is 4. The molecule has 5 rings (SSSR count). The lowest BCUT2D eigenvalue weighted by atomic mass is 9.85. The summed E-state index contributed by atoms with van der Waals surface area (Å²) in [6.45, 7) is 0. The number of benzene rings is 2. The number of hydrogen-bond donors (Lipinski definition) is 1. The van der Waals surface area contributed by atoms with E-state index >= 15 is 0 Å². The Balaban J connectivity index is 1.46. The molecule has 2 N–H and O–H groups in total. The minimum atomic E-state index is -4.42. The lowest BCUT2D eigenvalue weighted by Crippen LogP contribution is -2.12. The Labute approximate surface area is 176 Å². The van der Waals surface area contributed by atoms with Crippen LogP contribution in [0.5, 0.6) is 11.5 Å². The van der Waals surface area contributed by atoms with E-state index in [9.17, 15) is 13.2 Å². The minimum Gasteiger partial charge on any atom is -0.457 e. The van der Waals surface area contributed by atoms with Crippen LogP contribution in [0.25, 0.3) is 16.8 Å². The van der Waals surface area contributed by atoms with Crippen molar-refractivity contribution in [2.24, 2.45) is 0 Å². The maximum Gasteiger partial charge on any atom is 0.416 e. The Morgan fingerprint density at radius 1 is 1.03 bits per heavy atom. The Hall–Kier alpha value is -3.55. The van der Waals surface area contributed by atoms with Gasteiger partial charge in [0.2, 0.25) is 0 Å². The SMILES string of the molecule is Nc1nccn2c(C3CCC3)nc(-c3ccc(Oc4cccc(C(F)(F)F)c4)cc3)c12. The van der Waals surface area contributed by atoms with Crippen LogP contribution >= 0.6 is 0 Å². The fourth-order valence-electron chi connectivity index (χ4n) is 3.80. The molecule has 158 valence electrons. The number of hydrogen-bond acceptors (Lipinski definition) is 4. The van der Waals surface area contributed by atoms with Gasteiger partial charge in [-0.15, -0.1) is 0 Å². The fraction of sp³-hybridized carbons (Fsp3) is 0.217. The Morgan fingerprint density at radius 3 is 2.48 bits per heavy atom. The normalized spacial score (nSPS) is 14.5. The molecule has 2 aromatic carbocycles. The maximum absolute atomic E-state index is 12.9. The van der Waals surface area contributed by atoms with E-state index in [1.54, 1.807) is 18.3 Å². The number of fused-ring (bicyclic) bond motifs is 1. The van der Waals surface area contributed by atoms with E-state index in [4.69, 9.17) is 15.5 Å². The number of aromatic nitrogens is 3. The number of imidazole rings is 1. The molecular weight excluding hydrogens is 405 g/mol. The molecule has 5 nitrogen and oxygen atoms in total. The molecule has 2 heterocycles. The van der Waals surface area contributed by atoms with Crippen molar-refractivity contribution in [2.45, 2.75) is 31.4 Å². The monoisotopic (exact) mass is 424 g/mol. The first kappa shape index (κ1) is 19.4. The van der Waals surface area contributed by atoms with Crippen molar-refractivity contribution in [1.82, 2.24) is 14.4 Å². The van der Waals surface area contributed by atoms with Gasteiger partial charge in [-0.3, -0.25) is 4.40 Å². The number of nitrogens with zero attached hydrogens (tertiary/aromatic N) is 3. The van der Waals surface area contributed by atoms with Crippen molar-refractivity contribution in [3.05, 3.63) is 72.3 Å². The molecule has 1 fully saturated rings. The first-order valence-corrected chi connectivity index (χ1v) is 9.98. The standard InChI is InChI=1S/C23H19F3N4O/c24-23(25,26)16-5-2-6-18(13-16)31-17-9-7-14(8-10-17)19-20-21(27)28-11-12-30(20)22(29-19)15-3-1-4-15/h2,5-13,15H,1,3-4H2,(H2,27,28). The third-order valence-electron chi connectivity index (χ3n) is 5.61. The van der Waals surface area contributed by atoms with Gasteiger partial charge in [0.05, 0.1) is 5.56 Å². The van der Waals surface area contributed by atoms with Crippen LogP contribution in [-0.2, 0) is 6.18 Å². The van der Waals surface area contributed by atoms with Gasteiger partial charge in [-0.25, -0.2) is 9.97 Å². The zero-order valence-electron chi connectivity index (χ0n) is 16.4. The lowest BCUT2D eigenvalue weighted by molar-refractivity contribution is -0.137. The molecular formula is C23H19F3N4O. The number of anilines is 1. The topological polar surface area (TPSA) is 65.4 Å². The molecule has 0 atom stereocenters. The fourth-order valence-corrected chi connectivity index (χ4v) is 3.80. The molecule has 31 heavy (non-hydrogen) atoms. The summed E-state index contributed by atoms with van der Waals surface area (Å²) in [4.78, 5) is 9.08. The van der Waals surface area contributed by atoms with Crippen molar-refractivity contribution in [1.29, 1.82) is 0 Å². The summed E-state index contributed by atoms with van der Waals surface area (Å²) < 4.78 is 46.4. The van der Waals surface area contributed by atoms with E-state index in [-0.39, 0.29) is 5.75 Å². The largest absolute Gasteiger partial charge is 0.457 e. The summed E-state index contributed by atoms with van der Waals surface area (Å²) in [6.07, 6.45) is 2.52. The minimum absolute atomic E-state index is 0.121. The Kier molecular flexibility index (Phi) is 4.57. The average Bonchev–Trinajstić information content (AvgIpc) is 3.07. The van der Waals surface area contributed by atoms with Crippen LogP contribution in [-0.4, -0.2) is 14.4 Å². The molecule has 1 aliphatic rings. The van der Waals surface area contributed by atoms with Crippen LogP contribution < -0.4 is 10.5 Å². The number of alkyl halides is 3. The number of nitrogens with two attached hydrogens (primary N) is 1. The van der Waals surface area contributed by atoms with Crippen LogP contribution in [0.4, 0.5) is 19.0 Å². The van der Waals surface area contributed by atoms with Crippen molar-refractivity contribution in [3.8, 4) is 22.8 Å². The molecule has 4 aromatic rings. The second kappa shape index (κ2) is 7.30. The average molecular weight is 424 g/mol. The van der Waals surface area contributed by atoms with E-state index in [0.29, 0.717) is 17.5 Å². The van der Waals surface area contributed by atoms with Crippen LogP contribution in [0, 0.1) is 0 Å². The van der Waals surface area contributed by atoms with E-state index < -0.39 is 11.7 Å². The first-order valence-electron chi connectivity index (χ1n) is 9.98. The maximum atomic E-state index is 12.9. The molecule has 0 bridgehead atoms. The van der Waals surface area contributed by atoms with Gasteiger partial charge >= 0.3 is 6.18 Å². The van der Waals surface area contributed by atoms with Gasteiger partial charge in [-0.1, -0.05) is 12.5 Å². The highest BCUT2D eigenvalue weighted by molar-refractivity contribution is 5.85. The van der Waals surface area contributed by atoms with Crippen LogP contribution in [0.15, 0.2) is 60.9 Å². The summed E-state index contributed by atoms with van der Waals surface area (Å²) in [6, 6.07) is 11.9. The predicted octanol–water partition coefficient (Wildman–Crippen LogP) is 6.06. The molecule has 0 amide bonds. The van der Waals surface area contributed by atoms with Gasteiger partial charge in [0, 0.05) is 23.9 Å². The van der Waals surface area contributed by atoms with Gasteiger partial charge in [0.15, 0.2) is 0 Å². The highest BCUT2D eigenvalue weighted by Gasteiger charge is 2.30. The summed E-state index contributed by atoms with van der Waals surface area (Å²) in [5, 5.41) is 0.